The number of sulfone groups is 1. The number of carboxylic acid groups (broad SMARTS) is 1. The van der Waals surface area contributed by atoms with Crippen LogP contribution in [0, 0.1) is 0 Å². The van der Waals surface area contributed by atoms with Crippen molar-refractivity contribution in [3.05, 3.63) is 76.7 Å². The second kappa shape index (κ2) is 9.57. The number of hydrogen-bond acceptors (Lipinski definition) is 6. The van der Waals surface area contributed by atoms with Gasteiger partial charge in [-0.3, -0.25) is 14.2 Å². The lowest BCUT2D eigenvalue weighted by Gasteiger charge is -2.13. The van der Waals surface area contributed by atoms with Crippen LogP contribution in [0.3, 0.4) is 0 Å². The first-order chi connectivity index (χ1) is 14.8. The number of anilines is 1. The highest BCUT2D eigenvalue weighted by Gasteiger charge is 2.15. The van der Waals surface area contributed by atoms with Crippen LogP contribution in [-0.4, -0.2) is 41.8 Å². The van der Waals surface area contributed by atoms with Crippen LogP contribution in [0.5, 0.6) is 0 Å². The molecule has 31 heavy (non-hydrogen) atoms. The first-order valence-corrected chi connectivity index (χ1v) is 11.5. The van der Waals surface area contributed by atoms with E-state index in [4.69, 9.17) is 0 Å². The summed E-state index contributed by atoms with van der Waals surface area (Å²) in [5.74, 6) is -1.03. The van der Waals surface area contributed by atoms with Gasteiger partial charge in [0.15, 0.2) is 9.84 Å². The van der Waals surface area contributed by atoms with Crippen LogP contribution in [0.25, 0.3) is 11.4 Å². The van der Waals surface area contributed by atoms with Crippen molar-refractivity contribution in [3.63, 3.8) is 0 Å². The Hall–Kier alpha value is -3.46. The smallest absolute Gasteiger partial charge is 0.323 e. The normalized spacial score (nSPS) is 11.3. The summed E-state index contributed by atoms with van der Waals surface area (Å²) in [6.45, 7) is -0.0319. The summed E-state index contributed by atoms with van der Waals surface area (Å²) in [5, 5.41) is 12.3. The van der Waals surface area contributed by atoms with Crippen molar-refractivity contribution >= 4 is 21.5 Å². The van der Waals surface area contributed by atoms with E-state index in [9.17, 15) is 23.1 Å². The first-order valence-electron chi connectivity index (χ1n) is 9.65. The maximum Gasteiger partial charge on any atom is 0.323 e. The molecule has 0 aliphatic carbocycles. The van der Waals surface area contributed by atoms with Gasteiger partial charge in [0.1, 0.15) is 18.1 Å². The molecule has 162 valence electrons. The Morgan fingerprint density at radius 1 is 1.10 bits per heavy atom. The van der Waals surface area contributed by atoms with E-state index >= 15 is 0 Å². The standard InChI is InChI=1S/C22H23N3O5S/c1-31(29,30)18-11-9-17(10-12-18)21-24-14-19(22(28)25(21)15-20(26)27)23-13-5-8-16-6-3-2-4-7-16/h2-4,6-7,9-12,14,23H,5,8,13,15H2,1H3,(H,26,27). The third-order valence-electron chi connectivity index (χ3n) is 4.68. The van der Waals surface area contributed by atoms with Gasteiger partial charge in [-0.25, -0.2) is 13.4 Å². The Bertz CT molecular complexity index is 1220. The van der Waals surface area contributed by atoms with Gasteiger partial charge in [0.05, 0.1) is 11.1 Å². The number of aryl methyl sites for hydroxylation is 1. The highest BCUT2D eigenvalue weighted by Crippen LogP contribution is 2.19. The van der Waals surface area contributed by atoms with Gasteiger partial charge in [0.25, 0.3) is 5.56 Å². The van der Waals surface area contributed by atoms with E-state index < -0.39 is 27.9 Å². The molecular weight excluding hydrogens is 418 g/mol. The van der Waals surface area contributed by atoms with E-state index in [0.717, 1.165) is 23.7 Å². The molecule has 0 radical (unpaired) electrons. The molecule has 0 fully saturated rings. The van der Waals surface area contributed by atoms with Crippen LogP contribution < -0.4 is 10.9 Å². The number of nitrogens with one attached hydrogen (secondary N) is 1. The molecule has 1 heterocycles. The average molecular weight is 442 g/mol. The van der Waals surface area contributed by atoms with Gasteiger partial charge in [-0.15, -0.1) is 0 Å². The second-order valence-corrected chi connectivity index (χ2v) is 9.11. The Labute approximate surface area is 180 Å². The van der Waals surface area contributed by atoms with Gasteiger partial charge in [0.2, 0.25) is 0 Å². The number of carboxylic acids is 1. The molecule has 0 aliphatic rings. The molecule has 0 saturated heterocycles. The summed E-state index contributed by atoms with van der Waals surface area (Å²) in [6, 6.07) is 15.8. The summed E-state index contributed by atoms with van der Waals surface area (Å²) in [4.78, 5) is 28.6. The molecule has 0 unspecified atom stereocenters. The Morgan fingerprint density at radius 2 is 1.77 bits per heavy atom. The lowest BCUT2D eigenvalue weighted by Crippen LogP contribution is -2.29. The van der Waals surface area contributed by atoms with E-state index in [0.29, 0.717) is 12.1 Å². The third-order valence-corrected chi connectivity index (χ3v) is 5.81. The van der Waals surface area contributed by atoms with E-state index in [1.54, 1.807) is 0 Å². The topological polar surface area (TPSA) is 118 Å². The van der Waals surface area contributed by atoms with Crippen molar-refractivity contribution in [2.24, 2.45) is 0 Å². The Balaban J connectivity index is 1.82. The van der Waals surface area contributed by atoms with Crippen LogP contribution in [0.1, 0.15) is 12.0 Å². The highest BCUT2D eigenvalue weighted by atomic mass is 32.2. The Kier molecular flexibility index (Phi) is 6.86. The number of nitrogens with zero attached hydrogens (tertiary/aromatic N) is 2. The van der Waals surface area contributed by atoms with Gasteiger partial charge >= 0.3 is 5.97 Å². The number of rotatable bonds is 9. The van der Waals surface area contributed by atoms with Crippen molar-refractivity contribution in [1.29, 1.82) is 0 Å². The molecule has 1 aromatic heterocycles. The quantitative estimate of drug-likeness (QED) is 0.490. The van der Waals surface area contributed by atoms with Crippen LogP contribution in [0.15, 0.2) is 70.5 Å². The number of aliphatic carboxylic acids is 1. The lowest BCUT2D eigenvalue weighted by atomic mass is 10.1. The predicted octanol–water partition coefficient (Wildman–Crippen LogP) is 2.44. The summed E-state index contributed by atoms with van der Waals surface area (Å²) in [6.07, 6.45) is 4.11. The van der Waals surface area contributed by atoms with Crippen molar-refractivity contribution in [2.75, 3.05) is 18.1 Å². The predicted molar refractivity (Wildman–Crippen MR) is 118 cm³/mol. The summed E-state index contributed by atoms with van der Waals surface area (Å²) < 4.78 is 24.4. The van der Waals surface area contributed by atoms with Crippen molar-refractivity contribution in [3.8, 4) is 11.4 Å². The molecule has 8 nitrogen and oxygen atoms in total. The van der Waals surface area contributed by atoms with Gasteiger partial charge in [-0.1, -0.05) is 30.3 Å². The molecule has 3 rings (SSSR count). The SMILES string of the molecule is CS(=O)(=O)c1ccc(-c2ncc(NCCCc3ccccc3)c(=O)n2CC(=O)O)cc1. The second-order valence-electron chi connectivity index (χ2n) is 7.09. The number of aromatic nitrogens is 2. The van der Waals surface area contributed by atoms with Crippen LogP contribution in [0.2, 0.25) is 0 Å². The van der Waals surface area contributed by atoms with Gasteiger partial charge < -0.3 is 10.4 Å². The average Bonchev–Trinajstić information content (AvgIpc) is 2.73. The van der Waals surface area contributed by atoms with Gasteiger partial charge in [0, 0.05) is 18.4 Å². The molecule has 2 N–H and O–H groups in total. The molecule has 0 spiro atoms. The molecule has 3 aromatic rings. The minimum Gasteiger partial charge on any atom is -0.480 e. The van der Waals surface area contributed by atoms with Crippen molar-refractivity contribution < 1.29 is 18.3 Å². The van der Waals surface area contributed by atoms with E-state index in [-0.39, 0.29) is 16.4 Å². The molecule has 0 bridgehead atoms. The van der Waals surface area contributed by atoms with E-state index in [2.05, 4.69) is 10.3 Å². The molecule has 0 amide bonds. The minimum absolute atomic E-state index is 0.125. The van der Waals surface area contributed by atoms with Crippen LogP contribution >= 0.6 is 0 Å². The fourth-order valence-corrected chi connectivity index (χ4v) is 3.77. The van der Waals surface area contributed by atoms with Crippen LogP contribution in [-0.2, 0) is 27.6 Å². The van der Waals surface area contributed by atoms with E-state index in [1.165, 1.54) is 36.0 Å². The zero-order valence-electron chi connectivity index (χ0n) is 17.0. The third kappa shape index (κ3) is 5.79. The minimum atomic E-state index is -3.37. The highest BCUT2D eigenvalue weighted by molar-refractivity contribution is 7.90. The molecule has 0 atom stereocenters. The van der Waals surface area contributed by atoms with E-state index in [1.807, 2.05) is 30.3 Å². The molecule has 2 aromatic carbocycles. The fourth-order valence-electron chi connectivity index (χ4n) is 3.14. The monoisotopic (exact) mass is 441 g/mol. The maximum atomic E-state index is 12.9. The van der Waals surface area contributed by atoms with Crippen LogP contribution in [0.4, 0.5) is 5.69 Å². The van der Waals surface area contributed by atoms with Crippen molar-refractivity contribution in [2.45, 2.75) is 24.3 Å². The lowest BCUT2D eigenvalue weighted by molar-refractivity contribution is -0.137. The first kappa shape index (κ1) is 22.2. The molecule has 9 heteroatoms. The summed E-state index contributed by atoms with van der Waals surface area (Å²) in [7, 11) is -3.37. The molecule has 0 saturated carbocycles. The van der Waals surface area contributed by atoms with Gasteiger partial charge in [-0.05, 0) is 42.7 Å². The summed E-state index contributed by atoms with van der Waals surface area (Å²) >= 11 is 0. The number of hydrogen-bond donors (Lipinski definition) is 2. The molecular formula is C22H23N3O5S. The number of carbonyl (C=O) groups is 1. The fraction of sp³-hybridized carbons (Fsp3) is 0.227. The van der Waals surface area contributed by atoms with Crippen molar-refractivity contribution in [1.82, 2.24) is 9.55 Å². The Morgan fingerprint density at radius 3 is 2.39 bits per heavy atom. The maximum absolute atomic E-state index is 12.9. The molecule has 0 aliphatic heterocycles. The largest absolute Gasteiger partial charge is 0.480 e. The zero-order valence-corrected chi connectivity index (χ0v) is 17.8. The number of benzene rings is 2. The van der Waals surface area contributed by atoms with Gasteiger partial charge in [-0.2, -0.15) is 0 Å². The zero-order chi connectivity index (χ0) is 22.4. The summed E-state index contributed by atoms with van der Waals surface area (Å²) in [5.41, 5.74) is 1.35.